The number of carbonyl (C=O) groups excluding carboxylic acids is 1. The molecule has 1 aliphatic rings. The monoisotopic (exact) mass is 433 g/mol. The highest BCUT2D eigenvalue weighted by Crippen LogP contribution is 2.34. The van der Waals surface area contributed by atoms with Crippen LogP contribution in [-0.2, 0) is 14.6 Å². The summed E-state index contributed by atoms with van der Waals surface area (Å²) in [7, 11) is -3.59. The zero-order valence-corrected chi connectivity index (χ0v) is 17.3. The number of aromatic nitrogens is 2. The first-order chi connectivity index (χ1) is 14.3. The zero-order valence-electron chi connectivity index (χ0n) is 16.4. The highest BCUT2D eigenvalue weighted by atomic mass is 32.2. The van der Waals surface area contributed by atoms with E-state index >= 15 is 0 Å². The van der Waals surface area contributed by atoms with Crippen molar-refractivity contribution in [2.24, 2.45) is 5.73 Å². The van der Waals surface area contributed by atoms with Crippen molar-refractivity contribution in [1.29, 1.82) is 0 Å². The Morgan fingerprint density at radius 1 is 1.30 bits per heavy atom. The van der Waals surface area contributed by atoms with Gasteiger partial charge in [0, 0.05) is 23.1 Å². The molecule has 0 bridgehead atoms. The summed E-state index contributed by atoms with van der Waals surface area (Å²) in [5, 5.41) is 0.240. The fourth-order valence-electron chi connectivity index (χ4n) is 3.89. The molecular formula is C20H23N3O6S. The van der Waals surface area contributed by atoms with Crippen LogP contribution in [0.5, 0.6) is 5.75 Å². The summed E-state index contributed by atoms with van der Waals surface area (Å²) < 4.78 is 36.4. The van der Waals surface area contributed by atoms with Gasteiger partial charge in [-0.15, -0.1) is 0 Å². The lowest BCUT2D eigenvalue weighted by Crippen LogP contribution is -2.22. The molecule has 4 N–H and O–H groups in total. The molecule has 10 heteroatoms. The summed E-state index contributed by atoms with van der Waals surface area (Å²) in [4.78, 5) is 30.0. The fraction of sp³-hybridized carbons (Fsp3) is 0.400. The smallest absolute Gasteiger partial charge is 0.434 e. The number of pyridine rings is 1. The third-order valence-electron chi connectivity index (χ3n) is 5.39. The minimum Gasteiger partial charge on any atom is -0.434 e. The van der Waals surface area contributed by atoms with E-state index in [4.69, 9.17) is 15.2 Å². The van der Waals surface area contributed by atoms with Gasteiger partial charge >= 0.3 is 6.16 Å². The first-order valence-corrected chi connectivity index (χ1v) is 11.4. The van der Waals surface area contributed by atoms with Gasteiger partial charge in [-0.2, -0.15) is 0 Å². The van der Waals surface area contributed by atoms with Crippen LogP contribution in [0.3, 0.4) is 0 Å². The number of nitrogens with one attached hydrogen (secondary N) is 2. The number of H-pyrrole nitrogens is 2. The first kappa shape index (κ1) is 20.4. The molecule has 1 fully saturated rings. The Morgan fingerprint density at radius 3 is 2.80 bits per heavy atom. The van der Waals surface area contributed by atoms with Gasteiger partial charge in [0.05, 0.1) is 22.1 Å². The lowest BCUT2D eigenvalue weighted by atomic mass is 10.1. The van der Waals surface area contributed by atoms with Crippen LogP contribution < -0.4 is 16.0 Å². The van der Waals surface area contributed by atoms with Crippen molar-refractivity contribution in [3.63, 3.8) is 0 Å². The molecule has 4 rings (SSSR count). The number of carbonyl (C=O) groups is 1. The van der Waals surface area contributed by atoms with Crippen LogP contribution in [-0.4, -0.2) is 42.4 Å². The van der Waals surface area contributed by atoms with Crippen molar-refractivity contribution in [1.82, 2.24) is 9.97 Å². The van der Waals surface area contributed by atoms with Gasteiger partial charge in [0.2, 0.25) is 0 Å². The summed E-state index contributed by atoms with van der Waals surface area (Å²) in [5.41, 5.74) is 6.10. The predicted octanol–water partition coefficient (Wildman–Crippen LogP) is 2.59. The molecule has 1 aromatic carbocycles. The van der Waals surface area contributed by atoms with Gasteiger partial charge in [0.25, 0.3) is 5.56 Å². The average Bonchev–Trinajstić information content (AvgIpc) is 3.33. The van der Waals surface area contributed by atoms with Crippen molar-refractivity contribution < 1.29 is 22.7 Å². The summed E-state index contributed by atoms with van der Waals surface area (Å²) in [5.74, 6) is 0.0969. The molecule has 0 aliphatic heterocycles. The molecule has 0 amide bonds. The molecule has 3 aromatic rings. The first-order valence-electron chi connectivity index (χ1n) is 9.82. The Bertz CT molecular complexity index is 1280. The number of nitrogens with two attached hydrogens (primary N) is 1. The molecule has 2 heterocycles. The van der Waals surface area contributed by atoms with Crippen molar-refractivity contribution >= 4 is 37.8 Å². The highest BCUT2D eigenvalue weighted by Gasteiger charge is 2.34. The van der Waals surface area contributed by atoms with E-state index in [0.29, 0.717) is 42.0 Å². The topological polar surface area (TPSA) is 144 Å². The van der Waals surface area contributed by atoms with E-state index in [0.717, 1.165) is 0 Å². The maximum Gasteiger partial charge on any atom is 0.513 e. The number of benzene rings is 1. The summed E-state index contributed by atoms with van der Waals surface area (Å²) in [6.07, 6.45) is 2.73. The van der Waals surface area contributed by atoms with Gasteiger partial charge in [0.1, 0.15) is 5.52 Å². The zero-order chi connectivity index (χ0) is 21.5. The highest BCUT2D eigenvalue weighted by molar-refractivity contribution is 7.92. The third kappa shape index (κ3) is 3.56. The van der Waals surface area contributed by atoms with Gasteiger partial charge in [-0.3, -0.25) is 4.79 Å². The van der Waals surface area contributed by atoms with Crippen LogP contribution in [0.1, 0.15) is 32.6 Å². The minimum atomic E-state index is -3.59. The quantitative estimate of drug-likeness (QED) is 0.524. The van der Waals surface area contributed by atoms with Crippen LogP contribution in [0.15, 0.2) is 34.1 Å². The number of sulfone groups is 1. The van der Waals surface area contributed by atoms with Crippen LogP contribution in [0.4, 0.5) is 4.79 Å². The SMILES string of the molecule is CCCOC(=O)Oc1c[nH]c2c(=O)[nH]c3ccc(S(=O)(=O)[C@H]4CCC(N)C4)cc3c12. The fourth-order valence-corrected chi connectivity index (χ4v) is 5.76. The van der Waals surface area contributed by atoms with Crippen LogP contribution in [0, 0.1) is 0 Å². The Hall–Kier alpha value is -2.85. The Balaban J connectivity index is 1.83. The predicted molar refractivity (Wildman–Crippen MR) is 111 cm³/mol. The Kier molecular flexibility index (Phi) is 5.29. The molecule has 2 atom stereocenters. The summed E-state index contributed by atoms with van der Waals surface area (Å²) in [6, 6.07) is 4.41. The van der Waals surface area contributed by atoms with E-state index in [9.17, 15) is 18.0 Å². The molecule has 30 heavy (non-hydrogen) atoms. The van der Waals surface area contributed by atoms with Crippen molar-refractivity contribution in [3.8, 4) is 5.75 Å². The number of rotatable bonds is 5. The van der Waals surface area contributed by atoms with E-state index in [1.54, 1.807) is 6.07 Å². The van der Waals surface area contributed by atoms with Gasteiger partial charge < -0.3 is 25.2 Å². The molecular weight excluding hydrogens is 410 g/mol. The van der Waals surface area contributed by atoms with Crippen LogP contribution in [0.25, 0.3) is 21.8 Å². The molecule has 0 saturated heterocycles. The number of hydrogen-bond acceptors (Lipinski definition) is 7. The maximum absolute atomic E-state index is 13.1. The molecule has 1 saturated carbocycles. The summed E-state index contributed by atoms with van der Waals surface area (Å²) in [6.45, 7) is 2.06. The van der Waals surface area contributed by atoms with E-state index in [-0.39, 0.29) is 28.8 Å². The molecule has 2 aromatic heterocycles. The number of hydrogen-bond donors (Lipinski definition) is 3. The number of aromatic amines is 2. The normalized spacial score (nSPS) is 19.4. The van der Waals surface area contributed by atoms with E-state index < -0.39 is 26.8 Å². The molecule has 1 unspecified atom stereocenters. The second kappa shape index (κ2) is 7.77. The number of ether oxygens (including phenoxy) is 2. The van der Waals surface area contributed by atoms with E-state index in [1.807, 2.05) is 6.92 Å². The van der Waals surface area contributed by atoms with Crippen LogP contribution in [0.2, 0.25) is 0 Å². The largest absolute Gasteiger partial charge is 0.513 e. The lowest BCUT2D eigenvalue weighted by molar-refractivity contribution is 0.0997. The second-order valence-electron chi connectivity index (χ2n) is 7.51. The van der Waals surface area contributed by atoms with Gasteiger partial charge in [0.15, 0.2) is 15.6 Å². The van der Waals surface area contributed by atoms with E-state index in [2.05, 4.69) is 9.97 Å². The van der Waals surface area contributed by atoms with Crippen LogP contribution >= 0.6 is 0 Å². The standard InChI is InChI=1S/C20H23N3O6S/c1-2-7-28-20(25)29-16-10-22-18-17(16)14-9-13(5-6-15(14)23-19(18)24)30(26,27)12-4-3-11(21)8-12/h5-6,9-12,22H,2-4,7-8,21H2,1H3,(H,23,24)/t11?,12-/m0/s1. The van der Waals surface area contributed by atoms with Gasteiger partial charge in [-0.1, -0.05) is 6.92 Å². The lowest BCUT2D eigenvalue weighted by Gasteiger charge is -2.13. The number of fused-ring (bicyclic) bond motifs is 3. The summed E-state index contributed by atoms with van der Waals surface area (Å²) >= 11 is 0. The minimum absolute atomic E-state index is 0.0969. The van der Waals surface area contributed by atoms with Crippen molar-refractivity contribution in [2.45, 2.75) is 48.8 Å². The molecule has 0 radical (unpaired) electrons. The van der Waals surface area contributed by atoms with Gasteiger partial charge in [-0.25, -0.2) is 13.2 Å². The molecule has 9 nitrogen and oxygen atoms in total. The Labute approximate surface area is 172 Å². The van der Waals surface area contributed by atoms with Crippen molar-refractivity contribution in [3.05, 3.63) is 34.7 Å². The van der Waals surface area contributed by atoms with E-state index in [1.165, 1.54) is 18.3 Å². The molecule has 1 aliphatic carbocycles. The maximum atomic E-state index is 13.1. The third-order valence-corrected chi connectivity index (χ3v) is 7.61. The molecule has 160 valence electrons. The Morgan fingerprint density at radius 2 is 2.10 bits per heavy atom. The second-order valence-corrected chi connectivity index (χ2v) is 9.73. The van der Waals surface area contributed by atoms with Gasteiger partial charge in [-0.05, 0) is 43.9 Å². The van der Waals surface area contributed by atoms with Crippen molar-refractivity contribution in [2.75, 3.05) is 6.61 Å². The average molecular weight is 433 g/mol. The molecule has 0 spiro atoms.